The molecule has 1 heterocycles. The van der Waals surface area contributed by atoms with Crippen LogP contribution in [-0.2, 0) is 12.8 Å². The highest BCUT2D eigenvalue weighted by Gasteiger charge is 2.25. The summed E-state index contributed by atoms with van der Waals surface area (Å²) in [6.45, 7) is 6.98. The van der Waals surface area contributed by atoms with Gasteiger partial charge < -0.3 is 24.8 Å². The van der Waals surface area contributed by atoms with Gasteiger partial charge in [0.2, 0.25) is 5.75 Å². The van der Waals surface area contributed by atoms with Gasteiger partial charge in [0.25, 0.3) is 0 Å². The third kappa shape index (κ3) is 3.65. The second kappa shape index (κ2) is 6.75. The molecule has 1 aliphatic heterocycles. The number of nitrogens with zero attached hydrogens (tertiary/aromatic N) is 1. The van der Waals surface area contributed by atoms with Gasteiger partial charge in [-0.3, -0.25) is 0 Å². The number of methoxy groups -OCH3 is 3. The van der Waals surface area contributed by atoms with Crippen LogP contribution in [0, 0.1) is 0 Å². The molecule has 124 valence electrons. The third-order valence-electron chi connectivity index (χ3n) is 4.03. The largest absolute Gasteiger partial charge is 0.493 e. The average Bonchev–Trinajstić information content (AvgIpc) is 2.66. The molecule has 0 saturated carbocycles. The molecule has 1 aromatic rings. The molecule has 0 radical (unpaired) electrons. The van der Waals surface area contributed by atoms with Crippen molar-refractivity contribution in [3.63, 3.8) is 0 Å². The molecule has 2 rings (SSSR count). The Hall–Kier alpha value is -1.46. The minimum absolute atomic E-state index is 0.185. The highest BCUT2D eigenvalue weighted by Crippen LogP contribution is 2.43. The zero-order valence-electron chi connectivity index (χ0n) is 14.4. The molecule has 0 aromatic heterocycles. The van der Waals surface area contributed by atoms with Gasteiger partial charge in [-0.15, -0.1) is 0 Å². The Labute approximate surface area is 133 Å². The van der Waals surface area contributed by atoms with Crippen molar-refractivity contribution in [3.05, 3.63) is 17.2 Å². The van der Waals surface area contributed by atoms with Crippen molar-refractivity contribution in [2.24, 2.45) is 5.73 Å². The van der Waals surface area contributed by atoms with Crippen LogP contribution in [0.4, 0.5) is 0 Å². The molecule has 0 atom stereocenters. The molecule has 0 amide bonds. The molecule has 0 saturated heterocycles. The molecule has 1 aromatic carbocycles. The average molecular weight is 308 g/mol. The number of ether oxygens (including phenoxy) is 3. The fourth-order valence-corrected chi connectivity index (χ4v) is 3.16. The summed E-state index contributed by atoms with van der Waals surface area (Å²) in [6, 6.07) is 2.08. The number of fused-ring (bicyclic) bond motifs is 1. The predicted molar refractivity (Wildman–Crippen MR) is 88.2 cm³/mol. The lowest BCUT2D eigenvalue weighted by atomic mass is 10.0. The van der Waals surface area contributed by atoms with E-state index in [9.17, 15) is 0 Å². The van der Waals surface area contributed by atoms with E-state index in [1.807, 2.05) is 0 Å². The van der Waals surface area contributed by atoms with Gasteiger partial charge in [0.05, 0.1) is 21.3 Å². The van der Waals surface area contributed by atoms with E-state index < -0.39 is 0 Å². The van der Waals surface area contributed by atoms with E-state index >= 15 is 0 Å². The maximum Gasteiger partial charge on any atom is 0.203 e. The number of nitrogens with two attached hydrogens (primary N) is 1. The lowest BCUT2D eigenvalue weighted by Crippen LogP contribution is -2.46. The molecule has 5 heteroatoms. The number of benzene rings is 1. The van der Waals surface area contributed by atoms with Gasteiger partial charge in [0.1, 0.15) is 0 Å². The van der Waals surface area contributed by atoms with Crippen LogP contribution in [0.5, 0.6) is 17.2 Å². The van der Waals surface area contributed by atoms with Crippen LogP contribution in [0.2, 0.25) is 0 Å². The maximum absolute atomic E-state index is 6.16. The van der Waals surface area contributed by atoms with E-state index in [4.69, 9.17) is 19.9 Å². The van der Waals surface area contributed by atoms with E-state index in [2.05, 4.69) is 24.8 Å². The topological polar surface area (TPSA) is 57.0 Å². The summed E-state index contributed by atoms with van der Waals surface area (Å²) in [6.07, 6.45) is 1.89. The maximum atomic E-state index is 6.16. The minimum atomic E-state index is -0.185. The summed E-state index contributed by atoms with van der Waals surface area (Å²) >= 11 is 0. The Morgan fingerprint density at radius 1 is 1.05 bits per heavy atom. The Kier molecular flexibility index (Phi) is 5.19. The molecule has 0 spiro atoms. The zero-order chi connectivity index (χ0) is 16.3. The van der Waals surface area contributed by atoms with Gasteiger partial charge in [0.15, 0.2) is 11.5 Å². The minimum Gasteiger partial charge on any atom is -0.493 e. The zero-order valence-corrected chi connectivity index (χ0v) is 14.4. The molecule has 1 aliphatic rings. The summed E-state index contributed by atoms with van der Waals surface area (Å²) in [5.41, 5.74) is 8.47. The van der Waals surface area contributed by atoms with Crippen molar-refractivity contribution in [3.8, 4) is 17.2 Å². The summed E-state index contributed by atoms with van der Waals surface area (Å²) < 4.78 is 16.6. The Balaban J connectivity index is 2.32. The lowest BCUT2D eigenvalue weighted by molar-refractivity contribution is 0.235. The monoisotopic (exact) mass is 308 g/mol. The first-order valence-electron chi connectivity index (χ1n) is 7.71. The lowest BCUT2D eigenvalue weighted by Gasteiger charge is -2.28. The Morgan fingerprint density at radius 2 is 1.68 bits per heavy atom. The predicted octanol–water partition coefficient (Wildman–Crippen LogP) is 1.85. The Bertz CT molecular complexity index is 524. The van der Waals surface area contributed by atoms with Crippen LogP contribution in [0.3, 0.4) is 0 Å². The van der Waals surface area contributed by atoms with Gasteiger partial charge in [-0.1, -0.05) is 0 Å². The highest BCUT2D eigenvalue weighted by atomic mass is 16.5. The third-order valence-corrected chi connectivity index (χ3v) is 4.03. The highest BCUT2D eigenvalue weighted by molar-refractivity contribution is 5.59. The van der Waals surface area contributed by atoms with Crippen LogP contribution < -0.4 is 19.9 Å². The number of hydrogen-bond donors (Lipinski definition) is 1. The molecular weight excluding hydrogens is 280 g/mol. The molecule has 2 N–H and O–H groups in total. The van der Waals surface area contributed by atoms with E-state index in [1.54, 1.807) is 21.3 Å². The van der Waals surface area contributed by atoms with E-state index in [-0.39, 0.29) is 5.54 Å². The van der Waals surface area contributed by atoms with Gasteiger partial charge in [0, 0.05) is 30.7 Å². The van der Waals surface area contributed by atoms with Crippen molar-refractivity contribution >= 4 is 0 Å². The quantitative estimate of drug-likeness (QED) is 0.899. The van der Waals surface area contributed by atoms with Gasteiger partial charge in [-0.25, -0.2) is 0 Å². The van der Waals surface area contributed by atoms with Crippen molar-refractivity contribution in [1.29, 1.82) is 0 Å². The molecule has 0 fully saturated rings. The standard InChI is InChI=1S/C17H28N2O3/c1-17(2,18)11-19-8-6-12-10-14(20-3)16(22-5)15(21-4)13(12)7-9-19/h10H,6-9,11,18H2,1-5H3. The summed E-state index contributed by atoms with van der Waals surface area (Å²) in [5.74, 6) is 2.20. The normalized spacial score (nSPS) is 15.9. The first kappa shape index (κ1) is 16.9. The van der Waals surface area contributed by atoms with Gasteiger partial charge >= 0.3 is 0 Å². The van der Waals surface area contributed by atoms with Crippen LogP contribution in [0.1, 0.15) is 25.0 Å². The van der Waals surface area contributed by atoms with Crippen LogP contribution in [-0.4, -0.2) is 51.4 Å². The molecule has 0 unspecified atom stereocenters. The van der Waals surface area contributed by atoms with Crippen molar-refractivity contribution in [1.82, 2.24) is 4.90 Å². The summed E-state index contributed by atoms with van der Waals surface area (Å²) in [7, 11) is 4.99. The van der Waals surface area contributed by atoms with Gasteiger partial charge in [-0.05, 0) is 38.3 Å². The van der Waals surface area contributed by atoms with Crippen LogP contribution >= 0.6 is 0 Å². The fraction of sp³-hybridized carbons (Fsp3) is 0.647. The summed E-state index contributed by atoms with van der Waals surface area (Å²) in [5, 5.41) is 0. The Morgan fingerprint density at radius 3 is 2.23 bits per heavy atom. The second-order valence-electron chi connectivity index (χ2n) is 6.55. The van der Waals surface area contributed by atoms with Crippen molar-refractivity contribution in [2.75, 3.05) is 41.0 Å². The van der Waals surface area contributed by atoms with Crippen LogP contribution in [0.15, 0.2) is 6.07 Å². The number of hydrogen-bond acceptors (Lipinski definition) is 5. The first-order valence-corrected chi connectivity index (χ1v) is 7.71. The van der Waals surface area contributed by atoms with E-state index in [0.29, 0.717) is 5.75 Å². The molecule has 0 aliphatic carbocycles. The SMILES string of the molecule is COc1cc2c(c(OC)c1OC)CCN(CC(C)(C)N)CC2. The van der Waals surface area contributed by atoms with E-state index in [0.717, 1.165) is 44.0 Å². The molecular formula is C17H28N2O3. The molecule has 0 bridgehead atoms. The molecule has 5 nitrogen and oxygen atoms in total. The van der Waals surface area contributed by atoms with E-state index in [1.165, 1.54) is 11.1 Å². The fourth-order valence-electron chi connectivity index (χ4n) is 3.16. The van der Waals surface area contributed by atoms with Crippen LogP contribution in [0.25, 0.3) is 0 Å². The summed E-state index contributed by atoms with van der Waals surface area (Å²) in [4.78, 5) is 2.42. The number of rotatable bonds is 5. The molecule has 22 heavy (non-hydrogen) atoms. The van der Waals surface area contributed by atoms with Crippen molar-refractivity contribution in [2.45, 2.75) is 32.2 Å². The second-order valence-corrected chi connectivity index (χ2v) is 6.55. The smallest absolute Gasteiger partial charge is 0.203 e. The van der Waals surface area contributed by atoms with Crippen molar-refractivity contribution < 1.29 is 14.2 Å². The first-order chi connectivity index (χ1) is 10.4. The van der Waals surface area contributed by atoms with Gasteiger partial charge in [-0.2, -0.15) is 0 Å².